The molecule has 0 aliphatic carbocycles. The Bertz CT molecular complexity index is 462. The van der Waals surface area contributed by atoms with Crippen LogP contribution >= 0.6 is 11.6 Å². The van der Waals surface area contributed by atoms with Crippen LogP contribution in [0.5, 0.6) is 5.75 Å². The van der Waals surface area contributed by atoms with Gasteiger partial charge in [-0.25, -0.2) is 9.37 Å². The Kier molecular flexibility index (Phi) is 4.58. The number of nitrogens with zero attached hydrogens (tertiary/aromatic N) is 2. The number of amides is 1. The van der Waals surface area contributed by atoms with Crippen molar-refractivity contribution in [3.63, 3.8) is 0 Å². The number of rotatable bonds is 3. The van der Waals surface area contributed by atoms with E-state index >= 15 is 0 Å². The van der Waals surface area contributed by atoms with E-state index in [0.717, 1.165) is 25.9 Å². The summed E-state index contributed by atoms with van der Waals surface area (Å²) in [5, 5.41) is -0.151. The summed E-state index contributed by atoms with van der Waals surface area (Å²) in [6.07, 6.45) is 3.22. The fourth-order valence-electron chi connectivity index (χ4n) is 2.11. The normalized spacial score (nSPS) is 16.5. The minimum absolute atomic E-state index is 0.114. The lowest BCUT2D eigenvalue weighted by atomic mass is 9.98. The maximum Gasteiger partial charge on any atom is 0.219 e. The van der Waals surface area contributed by atoms with Gasteiger partial charge in [0.1, 0.15) is 5.75 Å². The van der Waals surface area contributed by atoms with Crippen LogP contribution in [0.1, 0.15) is 19.8 Å². The minimum Gasteiger partial charge on any atom is -0.492 e. The number of hydrogen-bond donors (Lipinski definition) is 0. The van der Waals surface area contributed by atoms with E-state index < -0.39 is 5.82 Å². The number of pyridine rings is 1. The fourth-order valence-corrected chi connectivity index (χ4v) is 2.21. The summed E-state index contributed by atoms with van der Waals surface area (Å²) < 4.78 is 18.7. The van der Waals surface area contributed by atoms with Crippen molar-refractivity contribution in [1.82, 2.24) is 9.88 Å². The van der Waals surface area contributed by atoms with Crippen LogP contribution in [0.3, 0.4) is 0 Å². The SMILES string of the molecule is CC(=O)N1CCC(COc2cnc(Cl)c(F)c2)CC1. The molecule has 0 N–H and O–H groups in total. The molecule has 0 unspecified atom stereocenters. The van der Waals surface area contributed by atoms with E-state index in [1.807, 2.05) is 4.90 Å². The van der Waals surface area contributed by atoms with Gasteiger partial charge in [-0.15, -0.1) is 0 Å². The van der Waals surface area contributed by atoms with Crippen LogP contribution in [-0.4, -0.2) is 35.5 Å². The third-order valence-corrected chi connectivity index (χ3v) is 3.59. The zero-order valence-electron chi connectivity index (χ0n) is 10.7. The van der Waals surface area contributed by atoms with Crippen molar-refractivity contribution in [3.05, 3.63) is 23.2 Å². The molecular formula is C13H16ClFN2O2. The number of likely N-dealkylation sites (tertiary alicyclic amines) is 1. The third-order valence-electron chi connectivity index (χ3n) is 3.32. The van der Waals surface area contributed by atoms with Crippen molar-refractivity contribution in [2.45, 2.75) is 19.8 Å². The van der Waals surface area contributed by atoms with Crippen molar-refractivity contribution in [3.8, 4) is 5.75 Å². The molecule has 0 radical (unpaired) electrons. The Balaban J connectivity index is 1.80. The molecule has 6 heteroatoms. The predicted molar refractivity (Wildman–Crippen MR) is 69.7 cm³/mol. The fraction of sp³-hybridized carbons (Fsp3) is 0.538. The Labute approximate surface area is 116 Å². The number of aromatic nitrogens is 1. The molecule has 4 nitrogen and oxygen atoms in total. The van der Waals surface area contributed by atoms with Gasteiger partial charge in [-0.3, -0.25) is 4.79 Å². The summed E-state index contributed by atoms with van der Waals surface area (Å²) in [7, 11) is 0. The molecule has 0 saturated carbocycles. The number of hydrogen-bond acceptors (Lipinski definition) is 3. The van der Waals surface area contributed by atoms with E-state index in [1.54, 1.807) is 6.92 Å². The van der Waals surface area contributed by atoms with E-state index in [1.165, 1.54) is 12.3 Å². The summed E-state index contributed by atoms with van der Waals surface area (Å²) in [4.78, 5) is 16.7. The molecule has 0 aromatic carbocycles. The minimum atomic E-state index is -0.578. The van der Waals surface area contributed by atoms with E-state index in [9.17, 15) is 9.18 Å². The Morgan fingerprint density at radius 1 is 1.58 bits per heavy atom. The highest BCUT2D eigenvalue weighted by atomic mass is 35.5. The van der Waals surface area contributed by atoms with Crippen molar-refractivity contribution in [2.24, 2.45) is 5.92 Å². The summed E-state index contributed by atoms with van der Waals surface area (Å²) in [6.45, 7) is 3.61. The molecule has 1 aromatic rings. The molecule has 1 aromatic heterocycles. The van der Waals surface area contributed by atoms with Crippen LogP contribution in [0.2, 0.25) is 5.15 Å². The van der Waals surface area contributed by atoms with Crippen molar-refractivity contribution in [2.75, 3.05) is 19.7 Å². The standard InChI is InChI=1S/C13H16ClFN2O2/c1-9(18)17-4-2-10(3-5-17)8-19-11-6-12(15)13(14)16-7-11/h6-7,10H,2-5,8H2,1H3. The molecule has 1 aliphatic rings. The largest absolute Gasteiger partial charge is 0.492 e. The molecule has 1 saturated heterocycles. The molecule has 0 bridgehead atoms. The lowest BCUT2D eigenvalue weighted by Crippen LogP contribution is -2.38. The van der Waals surface area contributed by atoms with E-state index in [-0.39, 0.29) is 11.1 Å². The average Bonchev–Trinajstić information content (AvgIpc) is 2.40. The second-order valence-corrected chi connectivity index (χ2v) is 5.06. The molecule has 1 amide bonds. The number of carbonyl (C=O) groups excluding carboxylic acids is 1. The lowest BCUT2D eigenvalue weighted by Gasteiger charge is -2.31. The van der Waals surface area contributed by atoms with Crippen molar-refractivity contribution >= 4 is 17.5 Å². The monoisotopic (exact) mass is 286 g/mol. The van der Waals surface area contributed by atoms with Gasteiger partial charge in [-0.1, -0.05) is 11.6 Å². The third kappa shape index (κ3) is 3.80. The highest BCUT2D eigenvalue weighted by Gasteiger charge is 2.21. The van der Waals surface area contributed by atoms with Gasteiger partial charge in [0.25, 0.3) is 0 Å². The summed E-state index contributed by atoms with van der Waals surface area (Å²) in [5.41, 5.74) is 0. The molecular weight excluding hydrogens is 271 g/mol. The molecule has 104 valence electrons. The lowest BCUT2D eigenvalue weighted by molar-refractivity contribution is -0.130. The van der Waals surface area contributed by atoms with Crippen molar-refractivity contribution in [1.29, 1.82) is 0 Å². The number of ether oxygens (including phenoxy) is 1. The van der Waals surface area contributed by atoms with Gasteiger partial charge in [0.2, 0.25) is 5.91 Å². The highest BCUT2D eigenvalue weighted by molar-refractivity contribution is 6.29. The Morgan fingerprint density at radius 3 is 2.84 bits per heavy atom. The zero-order valence-corrected chi connectivity index (χ0v) is 11.5. The highest BCUT2D eigenvalue weighted by Crippen LogP contribution is 2.21. The second kappa shape index (κ2) is 6.19. The molecule has 1 aliphatic heterocycles. The first-order valence-electron chi connectivity index (χ1n) is 6.25. The molecule has 19 heavy (non-hydrogen) atoms. The van der Waals surface area contributed by atoms with Gasteiger partial charge in [-0.05, 0) is 18.8 Å². The molecule has 2 rings (SSSR count). The Hall–Kier alpha value is -1.36. The van der Waals surface area contributed by atoms with Crippen LogP contribution in [0.4, 0.5) is 4.39 Å². The summed E-state index contributed by atoms with van der Waals surface area (Å²) in [5.74, 6) is 0.305. The maximum atomic E-state index is 13.2. The van der Waals surface area contributed by atoms with Gasteiger partial charge in [-0.2, -0.15) is 0 Å². The van der Waals surface area contributed by atoms with Crippen LogP contribution in [0.15, 0.2) is 12.3 Å². The van der Waals surface area contributed by atoms with Gasteiger partial charge in [0, 0.05) is 26.1 Å². The topological polar surface area (TPSA) is 42.4 Å². The number of halogens is 2. The molecule has 0 spiro atoms. The van der Waals surface area contributed by atoms with E-state index in [2.05, 4.69) is 4.98 Å². The zero-order chi connectivity index (χ0) is 13.8. The Morgan fingerprint density at radius 2 is 2.26 bits per heavy atom. The van der Waals surface area contributed by atoms with Crippen molar-refractivity contribution < 1.29 is 13.9 Å². The van der Waals surface area contributed by atoms with Gasteiger partial charge in [0.05, 0.1) is 12.8 Å². The van der Waals surface area contributed by atoms with Crippen LogP contribution < -0.4 is 4.74 Å². The maximum absolute atomic E-state index is 13.2. The molecule has 2 heterocycles. The van der Waals surface area contributed by atoms with E-state index in [0.29, 0.717) is 18.3 Å². The van der Waals surface area contributed by atoms with Gasteiger partial charge in [0.15, 0.2) is 11.0 Å². The van der Waals surface area contributed by atoms with Gasteiger partial charge < -0.3 is 9.64 Å². The van der Waals surface area contributed by atoms with Crippen LogP contribution in [0.25, 0.3) is 0 Å². The molecule has 1 fully saturated rings. The first-order chi connectivity index (χ1) is 9.06. The quantitative estimate of drug-likeness (QED) is 0.802. The first kappa shape index (κ1) is 14.1. The predicted octanol–water partition coefficient (Wildman–Crippen LogP) is 2.51. The summed E-state index contributed by atoms with van der Waals surface area (Å²) >= 11 is 5.50. The first-order valence-corrected chi connectivity index (χ1v) is 6.63. The van der Waals surface area contributed by atoms with Crippen LogP contribution in [-0.2, 0) is 4.79 Å². The van der Waals surface area contributed by atoms with Gasteiger partial charge >= 0.3 is 0 Å². The van der Waals surface area contributed by atoms with Crippen LogP contribution in [0, 0.1) is 11.7 Å². The van der Waals surface area contributed by atoms with E-state index in [4.69, 9.17) is 16.3 Å². The summed E-state index contributed by atoms with van der Waals surface area (Å²) in [6, 6.07) is 1.24. The average molecular weight is 287 g/mol. The second-order valence-electron chi connectivity index (χ2n) is 4.70. The smallest absolute Gasteiger partial charge is 0.219 e. The number of carbonyl (C=O) groups is 1. The number of piperidine rings is 1. The molecule has 0 atom stereocenters.